The maximum atomic E-state index is 7.20. The molecule has 0 aliphatic heterocycles. The zero-order valence-corrected chi connectivity index (χ0v) is 8.23. The number of fused-ring (bicyclic) bond motifs is 1. The van der Waals surface area contributed by atoms with Crippen LogP contribution in [-0.4, -0.2) is 10.8 Å². The summed E-state index contributed by atoms with van der Waals surface area (Å²) in [5.41, 5.74) is 7.11. The Bertz CT molecular complexity index is 487. The van der Waals surface area contributed by atoms with E-state index < -0.39 is 0 Å². The maximum Gasteiger partial charge on any atom is 0.0965 e. The first-order valence-corrected chi connectivity index (χ1v) is 4.64. The second-order valence-electron chi connectivity index (χ2n) is 3.17. The molecule has 4 heteroatoms. The van der Waals surface area contributed by atoms with Crippen LogP contribution in [0.3, 0.4) is 0 Å². The number of benzene rings is 1. The summed E-state index contributed by atoms with van der Waals surface area (Å²) >= 11 is 6.12. The molecular formula is C10H10ClN3. The van der Waals surface area contributed by atoms with E-state index in [4.69, 9.17) is 22.7 Å². The third-order valence-corrected chi connectivity index (χ3v) is 2.51. The molecule has 0 bridgehead atoms. The van der Waals surface area contributed by atoms with E-state index >= 15 is 0 Å². The predicted molar refractivity (Wildman–Crippen MR) is 58.9 cm³/mol. The molecule has 2 aromatic rings. The van der Waals surface area contributed by atoms with Crippen molar-refractivity contribution in [3.05, 3.63) is 35.0 Å². The van der Waals surface area contributed by atoms with Gasteiger partial charge in [0.25, 0.3) is 0 Å². The molecule has 3 nitrogen and oxygen atoms in total. The van der Waals surface area contributed by atoms with Crippen LogP contribution in [0.4, 0.5) is 0 Å². The number of amidine groups is 1. The van der Waals surface area contributed by atoms with Crippen molar-refractivity contribution < 1.29 is 0 Å². The normalized spacial score (nSPS) is 10.6. The van der Waals surface area contributed by atoms with Crippen LogP contribution in [0.25, 0.3) is 10.9 Å². The molecule has 0 unspecified atom stereocenters. The number of nitrogens with one attached hydrogen (secondary N) is 2. The third kappa shape index (κ3) is 1.46. The second kappa shape index (κ2) is 3.35. The summed E-state index contributed by atoms with van der Waals surface area (Å²) in [4.78, 5) is 3.14. The van der Waals surface area contributed by atoms with E-state index in [2.05, 4.69) is 4.98 Å². The fourth-order valence-electron chi connectivity index (χ4n) is 1.48. The van der Waals surface area contributed by atoms with Gasteiger partial charge in [0, 0.05) is 23.0 Å². The highest BCUT2D eigenvalue weighted by Crippen LogP contribution is 2.27. The van der Waals surface area contributed by atoms with Crippen molar-refractivity contribution in [1.29, 1.82) is 5.41 Å². The van der Waals surface area contributed by atoms with E-state index in [0.29, 0.717) is 11.4 Å². The lowest BCUT2D eigenvalue weighted by Crippen LogP contribution is -2.13. The standard InChI is InChI=1S/C10H10ClN3/c11-10-6-3-1-2-4-7(6)14-8(10)5-9(12)13/h1-4,14H,5H2,(H3,12,13). The van der Waals surface area contributed by atoms with Crippen LogP contribution in [0.15, 0.2) is 24.3 Å². The van der Waals surface area contributed by atoms with Gasteiger partial charge in [0.1, 0.15) is 0 Å². The molecule has 0 aliphatic rings. The molecule has 1 heterocycles. The Kier molecular flexibility index (Phi) is 2.17. The van der Waals surface area contributed by atoms with E-state index in [9.17, 15) is 0 Å². The number of H-pyrrole nitrogens is 1. The van der Waals surface area contributed by atoms with Crippen molar-refractivity contribution in [2.24, 2.45) is 5.73 Å². The number of rotatable bonds is 2. The first-order valence-electron chi connectivity index (χ1n) is 4.26. The molecular weight excluding hydrogens is 198 g/mol. The van der Waals surface area contributed by atoms with Gasteiger partial charge < -0.3 is 10.7 Å². The van der Waals surface area contributed by atoms with Crippen LogP contribution in [0, 0.1) is 5.41 Å². The van der Waals surface area contributed by atoms with E-state index in [0.717, 1.165) is 16.6 Å². The van der Waals surface area contributed by atoms with Crippen LogP contribution in [0.2, 0.25) is 5.02 Å². The molecule has 72 valence electrons. The minimum absolute atomic E-state index is 0.110. The molecule has 0 radical (unpaired) electrons. The van der Waals surface area contributed by atoms with Gasteiger partial charge in [0.2, 0.25) is 0 Å². The Labute approximate surface area is 86.4 Å². The Morgan fingerprint density at radius 2 is 2.14 bits per heavy atom. The fourth-order valence-corrected chi connectivity index (χ4v) is 1.75. The molecule has 0 fully saturated rings. The largest absolute Gasteiger partial charge is 0.387 e. The van der Waals surface area contributed by atoms with Crippen molar-refractivity contribution in [3.8, 4) is 0 Å². The lowest BCUT2D eigenvalue weighted by molar-refractivity contribution is 1.17. The van der Waals surface area contributed by atoms with E-state index in [1.807, 2.05) is 24.3 Å². The zero-order valence-electron chi connectivity index (χ0n) is 7.47. The summed E-state index contributed by atoms with van der Waals surface area (Å²) < 4.78 is 0. The van der Waals surface area contributed by atoms with E-state index in [-0.39, 0.29) is 5.84 Å². The Hall–Kier alpha value is -1.48. The summed E-state index contributed by atoms with van der Waals surface area (Å²) in [7, 11) is 0. The summed E-state index contributed by atoms with van der Waals surface area (Å²) in [6.07, 6.45) is 0.369. The highest BCUT2D eigenvalue weighted by Gasteiger charge is 2.08. The molecule has 1 aromatic carbocycles. The quantitative estimate of drug-likeness (QED) is 0.514. The van der Waals surface area contributed by atoms with Crippen molar-refractivity contribution in [2.75, 3.05) is 0 Å². The van der Waals surface area contributed by atoms with Crippen LogP contribution in [0.5, 0.6) is 0 Å². The van der Waals surface area contributed by atoms with Crippen molar-refractivity contribution in [2.45, 2.75) is 6.42 Å². The Morgan fingerprint density at radius 3 is 2.79 bits per heavy atom. The van der Waals surface area contributed by atoms with Gasteiger partial charge in [0.05, 0.1) is 10.9 Å². The number of aromatic nitrogens is 1. The first-order chi connectivity index (χ1) is 6.68. The minimum Gasteiger partial charge on any atom is -0.387 e. The summed E-state index contributed by atoms with van der Waals surface area (Å²) in [5.74, 6) is 0.110. The summed E-state index contributed by atoms with van der Waals surface area (Å²) in [5, 5.41) is 8.84. The summed E-state index contributed by atoms with van der Waals surface area (Å²) in [6, 6.07) is 7.76. The molecule has 2 rings (SSSR count). The maximum absolute atomic E-state index is 7.20. The van der Waals surface area contributed by atoms with Crippen LogP contribution in [-0.2, 0) is 6.42 Å². The molecule has 0 amide bonds. The van der Waals surface area contributed by atoms with Crippen molar-refractivity contribution >= 4 is 28.3 Å². The van der Waals surface area contributed by atoms with Gasteiger partial charge in [0.15, 0.2) is 0 Å². The van der Waals surface area contributed by atoms with E-state index in [1.165, 1.54) is 0 Å². The minimum atomic E-state index is 0.110. The zero-order chi connectivity index (χ0) is 10.1. The van der Waals surface area contributed by atoms with E-state index in [1.54, 1.807) is 0 Å². The number of aromatic amines is 1. The summed E-state index contributed by atoms with van der Waals surface area (Å²) in [6.45, 7) is 0. The Morgan fingerprint density at radius 1 is 1.43 bits per heavy atom. The topological polar surface area (TPSA) is 65.7 Å². The lowest BCUT2D eigenvalue weighted by Gasteiger charge is -1.95. The van der Waals surface area contributed by atoms with Gasteiger partial charge in [-0.05, 0) is 6.07 Å². The van der Waals surface area contributed by atoms with Gasteiger partial charge in [-0.1, -0.05) is 29.8 Å². The van der Waals surface area contributed by atoms with Gasteiger partial charge in [-0.3, -0.25) is 5.41 Å². The average Bonchev–Trinajstić information content (AvgIpc) is 2.44. The molecule has 14 heavy (non-hydrogen) atoms. The molecule has 0 aliphatic carbocycles. The van der Waals surface area contributed by atoms with Crippen molar-refractivity contribution in [3.63, 3.8) is 0 Å². The molecule has 0 saturated carbocycles. The predicted octanol–water partition coefficient (Wildman–Crippen LogP) is 2.30. The molecule has 0 atom stereocenters. The Balaban J connectivity index is 2.57. The highest BCUT2D eigenvalue weighted by molar-refractivity contribution is 6.36. The molecule has 0 spiro atoms. The number of hydrogen-bond donors (Lipinski definition) is 3. The lowest BCUT2D eigenvalue weighted by atomic mass is 10.2. The first kappa shape index (κ1) is 9.09. The number of para-hydroxylation sites is 1. The third-order valence-electron chi connectivity index (χ3n) is 2.08. The molecule has 1 aromatic heterocycles. The monoisotopic (exact) mass is 207 g/mol. The van der Waals surface area contributed by atoms with Crippen LogP contribution < -0.4 is 5.73 Å². The molecule has 0 saturated heterocycles. The van der Waals surface area contributed by atoms with Gasteiger partial charge >= 0.3 is 0 Å². The van der Waals surface area contributed by atoms with Crippen LogP contribution in [0.1, 0.15) is 5.69 Å². The fraction of sp³-hybridized carbons (Fsp3) is 0.100. The SMILES string of the molecule is N=C(N)Cc1[nH]c2ccccc2c1Cl. The van der Waals surface area contributed by atoms with Gasteiger partial charge in [-0.25, -0.2) is 0 Å². The smallest absolute Gasteiger partial charge is 0.0965 e. The van der Waals surface area contributed by atoms with Crippen LogP contribution >= 0.6 is 11.6 Å². The van der Waals surface area contributed by atoms with Crippen molar-refractivity contribution in [1.82, 2.24) is 4.98 Å². The number of nitrogens with two attached hydrogens (primary N) is 1. The molecule has 4 N–H and O–H groups in total. The number of hydrogen-bond acceptors (Lipinski definition) is 1. The van der Waals surface area contributed by atoms with Gasteiger partial charge in [-0.2, -0.15) is 0 Å². The van der Waals surface area contributed by atoms with Gasteiger partial charge in [-0.15, -0.1) is 0 Å². The average molecular weight is 208 g/mol. The second-order valence-corrected chi connectivity index (χ2v) is 3.54. The highest BCUT2D eigenvalue weighted by atomic mass is 35.5. The number of halogens is 1.